The van der Waals surface area contributed by atoms with Crippen LogP contribution < -0.4 is 15.5 Å². The molecule has 2 aromatic heterocycles. The number of benzene rings is 2. The summed E-state index contributed by atoms with van der Waals surface area (Å²) in [5.41, 5.74) is 8.98. The number of nitrogen functional groups attached to an aromatic ring is 1. The van der Waals surface area contributed by atoms with Crippen LogP contribution in [0.3, 0.4) is 0 Å². The molecule has 0 unspecified atom stereocenters. The summed E-state index contributed by atoms with van der Waals surface area (Å²) in [5, 5.41) is 32.3. The van der Waals surface area contributed by atoms with Crippen molar-refractivity contribution in [3.05, 3.63) is 76.4 Å². The van der Waals surface area contributed by atoms with E-state index in [1.807, 2.05) is 23.6 Å². The fraction of sp³-hybridized carbons (Fsp3) is 0.476. The number of nitrogens with two attached hydrogens (primary N) is 1. The number of fused-ring (bicyclic) bond motifs is 1. The predicted octanol–water partition coefficient (Wildman–Crippen LogP) is 3.25. The molecule has 6 heterocycles. The van der Waals surface area contributed by atoms with E-state index in [9.17, 15) is 24.9 Å². The number of carbonyl (C=O) groups is 2. The second kappa shape index (κ2) is 16.5. The third-order valence-corrected chi connectivity index (χ3v) is 11.9. The first-order chi connectivity index (χ1) is 28.3. The molecule has 0 atom stereocenters. The fourth-order valence-corrected chi connectivity index (χ4v) is 8.41. The van der Waals surface area contributed by atoms with E-state index in [0.29, 0.717) is 96.3 Å². The number of nitrogens with zero attached hydrogens (tertiary/aromatic N) is 9. The van der Waals surface area contributed by atoms with Crippen molar-refractivity contribution in [1.29, 1.82) is 0 Å². The summed E-state index contributed by atoms with van der Waals surface area (Å²) in [6.45, 7) is 10.3. The first-order valence-electron chi connectivity index (χ1n) is 20.3. The highest BCUT2D eigenvalue weighted by Gasteiger charge is 2.38. The first-order valence-corrected chi connectivity index (χ1v) is 20.3. The van der Waals surface area contributed by atoms with Gasteiger partial charge in [0, 0.05) is 90.5 Å². The Labute approximate surface area is 342 Å². The van der Waals surface area contributed by atoms with E-state index < -0.39 is 11.4 Å². The number of phenolic OH excluding ortho intramolecular Hbond substituents is 2. The van der Waals surface area contributed by atoms with Gasteiger partial charge in [-0.2, -0.15) is 4.39 Å². The number of aromatic hydroxyl groups is 2. The minimum absolute atomic E-state index is 0.00990. The summed E-state index contributed by atoms with van der Waals surface area (Å²) in [6.07, 6.45) is 3.54. The summed E-state index contributed by atoms with van der Waals surface area (Å²) < 4.78 is 21.7. The Morgan fingerprint density at radius 2 is 1.49 bits per heavy atom. The van der Waals surface area contributed by atoms with E-state index in [4.69, 9.17) is 10.5 Å². The normalized spacial score (nSPS) is 18.4. The van der Waals surface area contributed by atoms with E-state index in [-0.39, 0.29) is 77.5 Å². The van der Waals surface area contributed by atoms with Gasteiger partial charge >= 0.3 is 0 Å². The Kier molecular flexibility index (Phi) is 11.3. The van der Waals surface area contributed by atoms with Crippen LogP contribution in [-0.2, 0) is 29.2 Å². The molecule has 312 valence electrons. The smallest absolute Gasteiger partial charge is 0.258 e. The van der Waals surface area contributed by atoms with Gasteiger partial charge in [0.05, 0.1) is 36.4 Å². The van der Waals surface area contributed by atoms with Crippen LogP contribution in [0.5, 0.6) is 11.5 Å². The lowest BCUT2D eigenvalue weighted by molar-refractivity contribution is -0.139. The van der Waals surface area contributed by atoms with Crippen LogP contribution in [-0.4, -0.2) is 133 Å². The lowest BCUT2D eigenvalue weighted by atomic mass is 9.87. The van der Waals surface area contributed by atoms with E-state index in [0.717, 1.165) is 16.7 Å². The van der Waals surface area contributed by atoms with Crippen molar-refractivity contribution in [2.75, 3.05) is 81.1 Å². The van der Waals surface area contributed by atoms with Crippen molar-refractivity contribution in [2.24, 2.45) is 0 Å². The number of aromatic nitrogens is 4. The number of rotatable bonds is 9. The van der Waals surface area contributed by atoms with Gasteiger partial charge in [0.1, 0.15) is 11.5 Å². The van der Waals surface area contributed by atoms with Gasteiger partial charge in [0.15, 0.2) is 17.5 Å². The number of amides is 2. The summed E-state index contributed by atoms with van der Waals surface area (Å²) in [5.74, 6) is -0.534. The Morgan fingerprint density at radius 3 is 2.15 bits per heavy atom. The fourth-order valence-electron chi connectivity index (χ4n) is 8.41. The van der Waals surface area contributed by atoms with Crippen LogP contribution in [0, 0.1) is 5.82 Å². The second-order valence-corrected chi connectivity index (χ2v) is 16.3. The van der Waals surface area contributed by atoms with Gasteiger partial charge in [-0.3, -0.25) is 14.5 Å². The van der Waals surface area contributed by atoms with Gasteiger partial charge in [-0.15, -0.1) is 0 Å². The lowest BCUT2D eigenvalue weighted by Crippen LogP contribution is -2.52. The highest BCUT2D eigenvalue weighted by atomic mass is 19.1. The number of morpholine rings is 1. The topological polar surface area (TPSA) is 198 Å². The standard InChI is InChI=1S/C42H51FN10O6/c1-26(2)31-18-32(34(55)19-33(31)54)40(57)53-24-28-4-3-27(17-29(28)25-53)23-49-9-11-50(12-10-49)35(56)20-42(58)5-7-51(8-6-42)38-36(43)39(52-13-15-59-16-14-52)48-37(47-38)30-21-45-41(44)46-22-30/h3-4,17-19,21-22,26,54-55,58H,5-16,20,23-25H2,1-2H3,(H2,44,45,46). The van der Waals surface area contributed by atoms with Gasteiger partial charge in [-0.1, -0.05) is 32.0 Å². The molecule has 2 aromatic carbocycles. The number of ether oxygens (including phenoxy) is 1. The van der Waals surface area contributed by atoms with Crippen molar-refractivity contribution in [2.45, 2.75) is 64.3 Å². The van der Waals surface area contributed by atoms with E-state index in [1.54, 1.807) is 15.9 Å². The molecule has 59 heavy (non-hydrogen) atoms. The molecule has 0 aliphatic carbocycles. The molecule has 0 saturated carbocycles. The van der Waals surface area contributed by atoms with Gasteiger partial charge in [-0.25, -0.2) is 19.9 Å². The third kappa shape index (κ3) is 8.58. The molecule has 0 radical (unpaired) electrons. The zero-order valence-corrected chi connectivity index (χ0v) is 33.5. The van der Waals surface area contributed by atoms with Gasteiger partial charge in [0.25, 0.3) is 5.91 Å². The Hall–Kier alpha value is -5.65. The van der Waals surface area contributed by atoms with Crippen LogP contribution in [0.1, 0.15) is 71.6 Å². The molecule has 2 amide bonds. The molecule has 16 nitrogen and oxygen atoms in total. The number of hydrogen-bond donors (Lipinski definition) is 4. The Morgan fingerprint density at radius 1 is 0.847 bits per heavy atom. The van der Waals surface area contributed by atoms with E-state index in [1.165, 1.54) is 18.5 Å². The largest absolute Gasteiger partial charge is 0.508 e. The third-order valence-electron chi connectivity index (χ3n) is 11.9. The van der Waals surface area contributed by atoms with Crippen molar-refractivity contribution in [1.82, 2.24) is 34.6 Å². The maximum Gasteiger partial charge on any atom is 0.258 e. The highest BCUT2D eigenvalue weighted by Crippen LogP contribution is 2.36. The van der Waals surface area contributed by atoms with Crippen LogP contribution in [0.4, 0.5) is 22.0 Å². The summed E-state index contributed by atoms with van der Waals surface area (Å²) in [4.78, 5) is 53.7. The number of halogens is 1. The monoisotopic (exact) mass is 810 g/mol. The molecule has 3 fully saturated rings. The summed E-state index contributed by atoms with van der Waals surface area (Å²) >= 11 is 0. The minimum Gasteiger partial charge on any atom is -0.508 e. The van der Waals surface area contributed by atoms with Crippen molar-refractivity contribution >= 4 is 29.4 Å². The Bertz CT molecular complexity index is 2200. The quantitative estimate of drug-likeness (QED) is 0.192. The molecule has 5 N–H and O–H groups in total. The lowest BCUT2D eigenvalue weighted by Gasteiger charge is -2.41. The number of anilines is 3. The maximum absolute atomic E-state index is 16.2. The van der Waals surface area contributed by atoms with E-state index >= 15 is 4.39 Å². The Balaban J connectivity index is 0.845. The van der Waals surface area contributed by atoms with Crippen LogP contribution >= 0.6 is 0 Å². The summed E-state index contributed by atoms with van der Waals surface area (Å²) in [7, 11) is 0. The summed E-state index contributed by atoms with van der Waals surface area (Å²) in [6, 6.07) is 9.08. The molecule has 0 bridgehead atoms. The molecule has 4 aromatic rings. The molecule has 0 spiro atoms. The molecule has 8 rings (SSSR count). The zero-order chi connectivity index (χ0) is 41.4. The SMILES string of the molecule is CC(C)c1cc(C(=O)N2Cc3ccc(CN4CCN(C(=O)CC5(O)CCN(c6nc(-c7cnc(N)nc7)nc(N7CCOCC7)c6F)CC5)CC4)cc3C2)c(O)cc1O. The van der Waals surface area contributed by atoms with Crippen molar-refractivity contribution in [3.8, 4) is 22.9 Å². The molecule has 3 saturated heterocycles. The number of aliphatic hydroxyl groups is 1. The van der Waals surface area contributed by atoms with Crippen LogP contribution in [0.25, 0.3) is 11.4 Å². The van der Waals surface area contributed by atoms with E-state index in [2.05, 4.69) is 43.0 Å². The molecule has 17 heteroatoms. The van der Waals surface area contributed by atoms with Crippen LogP contribution in [0.15, 0.2) is 42.7 Å². The molecular formula is C42H51FN10O6. The van der Waals surface area contributed by atoms with Crippen molar-refractivity contribution in [3.63, 3.8) is 0 Å². The number of hydrogen-bond acceptors (Lipinski definition) is 14. The van der Waals surface area contributed by atoms with Gasteiger partial charge < -0.3 is 45.4 Å². The molecular weight excluding hydrogens is 760 g/mol. The minimum atomic E-state index is -1.23. The highest BCUT2D eigenvalue weighted by molar-refractivity contribution is 5.97. The average molecular weight is 811 g/mol. The zero-order valence-electron chi connectivity index (χ0n) is 33.5. The molecule has 4 aliphatic heterocycles. The van der Waals surface area contributed by atoms with Gasteiger partial charge in [0.2, 0.25) is 17.7 Å². The number of piperazine rings is 1. The number of phenols is 2. The predicted molar refractivity (Wildman–Crippen MR) is 217 cm³/mol. The second-order valence-electron chi connectivity index (χ2n) is 16.3. The maximum atomic E-state index is 16.2. The number of carbonyl (C=O) groups excluding carboxylic acids is 2. The number of piperidine rings is 1. The van der Waals surface area contributed by atoms with Crippen molar-refractivity contribution < 1.29 is 34.0 Å². The average Bonchev–Trinajstić information content (AvgIpc) is 3.65. The van der Waals surface area contributed by atoms with Gasteiger partial charge in [-0.05, 0) is 47.1 Å². The molecule has 4 aliphatic rings. The van der Waals surface area contributed by atoms with Crippen LogP contribution in [0.2, 0.25) is 0 Å². The first kappa shape index (κ1) is 40.1.